The maximum atomic E-state index is 11.8. The van der Waals surface area contributed by atoms with Gasteiger partial charge in [-0.1, -0.05) is 13.0 Å². The number of benzene rings is 2. The van der Waals surface area contributed by atoms with Gasteiger partial charge in [0.05, 0.1) is 17.7 Å². The molecule has 0 aliphatic carbocycles. The molecule has 1 unspecified atom stereocenters. The minimum Gasteiger partial charge on any atom is -0.457 e. The summed E-state index contributed by atoms with van der Waals surface area (Å²) < 4.78 is 5.69. The Labute approximate surface area is 129 Å². The second-order valence-corrected chi connectivity index (χ2v) is 4.77. The van der Waals surface area contributed by atoms with Crippen LogP contribution in [0.15, 0.2) is 48.5 Å². The van der Waals surface area contributed by atoms with Crippen LogP contribution < -0.4 is 15.8 Å². The SMILES string of the molecule is CCC(N)C(=O)Nc1cccc(Oc2ccc(C#N)cc2)c1. The predicted octanol–water partition coefficient (Wildman–Crippen LogP) is 3.03. The standard InChI is InChI=1S/C17H17N3O2/c1-2-16(19)17(21)20-13-4-3-5-15(10-13)22-14-8-6-12(11-18)7-9-14/h3-10,16H,2,19H2,1H3,(H,20,21). The van der Waals surface area contributed by atoms with E-state index in [2.05, 4.69) is 5.32 Å². The first-order valence-electron chi connectivity index (χ1n) is 6.97. The van der Waals surface area contributed by atoms with Gasteiger partial charge in [0.25, 0.3) is 0 Å². The molecule has 0 aliphatic rings. The fourth-order valence-corrected chi connectivity index (χ4v) is 1.79. The summed E-state index contributed by atoms with van der Waals surface area (Å²) in [6, 6.07) is 15.4. The molecule has 22 heavy (non-hydrogen) atoms. The fourth-order valence-electron chi connectivity index (χ4n) is 1.79. The summed E-state index contributed by atoms with van der Waals surface area (Å²) >= 11 is 0. The molecule has 0 fully saturated rings. The smallest absolute Gasteiger partial charge is 0.241 e. The minimum atomic E-state index is -0.525. The van der Waals surface area contributed by atoms with Crippen molar-refractivity contribution in [3.8, 4) is 17.6 Å². The van der Waals surface area contributed by atoms with Crippen molar-refractivity contribution >= 4 is 11.6 Å². The third-order valence-electron chi connectivity index (χ3n) is 3.10. The molecular formula is C17H17N3O2. The van der Waals surface area contributed by atoms with Crippen LogP contribution in [0.5, 0.6) is 11.5 Å². The van der Waals surface area contributed by atoms with Crippen molar-refractivity contribution < 1.29 is 9.53 Å². The second-order valence-electron chi connectivity index (χ2n) is 4.77. The van der Waals surface area contributed by atoms with E-state index < -0.39 is 6.04 Å². The van der Waals surface area contributed by atoms with Gasteiger partial charge in [-0.2, -0.15) is 5.26 Å². The van der Waals surface area contributed by atoms with Crippen molar-refractivity contribution in [2.75, 3.05) is 5.32 Å². The van der Waals surface area contributed by atoms with Gasteiger partial charge >= 0.3 is 0 Å². The molecule has 5 heteroatoms. The third-order valence-corrected chi connectivity index (χ3v) is 3.10. The lowest BCUT2D eigenvalue weighted by atomic mass is 10.2. The van der Waals surface area contributed by atoms with Crippen LogP contribution in [0.3, 0.4) is 0 Å². The molecule has 1 amide bonds. The number of nitrogens with zero attached hydrogens (tertiary/aromatic N) is 1. The molecule has 0 radical (unpaired) electrons. The maximum absolute atomic E-state index is 11.8. The van der Waals surface area contributed by atoms with Gasteiger partial charge in [-0.15, -0.1) is 0 Å². The number of ether oxygens (including phenoxy) is 1. The highest BCUT2D eigenvalue weighted by Gasteiger charge is 2.11. The fraction of sp³-hybridized carbons (Fsp3) is 0.176. The van der Waals surface area contributed by atoms with Gasteiger partial charge in [0.2, 0.25) is 5.91 Å². The van der Waals surface area contributed by atoms with E-state index in [-0.39, 0.29) is 5.91 Å². The van der Waals surface area contributed by atoms with E-state index in [1.54, 1.807) is 48.5 Å². The van der Waals surface area contributed by atoms with Crippen LogP contribution in [0.25, 0.3) is 0 Å². The molecule has 2 aromatic rings. The lowest BCUT2D eigenvalue weighted by Gasteiger charge is -2.11. The number of rotatable bonds is 5. The van der Waals surface area contributed by atoms with E-state index in [0.29, 0.717) is 29.2 Å². The Kier molecular flexibility index (Phi) is 5.12. The predicted molar refractivity (Wildman–Crippen MR) is 84.6 cm³/mol. The van der Waals surface area contributed by atoms with Gasteiger partial charge in [-0.05, 0) is 42.8 Å². The number of carbonyl (C=O) groups is 1. The number of nitriles is 1. The zero-order valence-corrected chi connectivity index (χ0v) is 12.2. The lowest BCUT2D eigenvalue weighted by molar-refractivity contribution is -0.117. The van der Waals surface area contributed by atoms with Crippen molar-refractivity contribution in [3.63, 3.8) is 0 Å². The van der Waals surface area contributed by atoms with E-state index >= 15 is 0 Å². The Morgan fingerprint density at radius 2 is 2.00 bits per heavy atom. The molecule has 0 aromatic heterocycles. The van der Waals surface area contributed by atoms with Crippen molar-refractivity contribution in [2.45, 2.75) is 19.4 Å². The Morgan fingerprint density at radius 3 is 2.64 bits per heavy atom. The first kappa shape index (κ1) is 15.5. The van der Waals surface area contributed by atoms with Crippen LogP contribution in [0.4, 0.5) is 5.69 Å². The zero-order chi connectivity index (χ0) is 15.9. The van der Waals surface area contributed by atoms with Gasteiger partial charge in [-0.25, -0.2) is 0 Å². The van der Waals surface area contributed by atoms with Gasteiger partial charge < -0.3 is 15.8 Å². The minimum absolute atomic E-state index is 0.224. The average Bonchev–Trinajstić information content (AvgIpc) is 2.55. The number of amides is 1. The van der Waals surface area contributed by atoms with Crippen molar-refractivity contribution in [1.82, 2.24) is 0 Å². The Morgan fingerprint density at radius 1 is 1.27 bits per heavy atom. The molecule has 0 saturated carbocycles. The quantitative estimate of drug-likeness (QED) is 0.887. The highest BCUT2D eigenvalue weighted by atomic mass is 16.5. The summed E-state index contributed by atoms with van der Waals surface area (Å²) in [6.07, 6.45) is 0.577. The number of carbonyl (C=O) groups excluding carboxylic acids is 1. The first-order valence-corrected chi connectivity index (χ1v) is 6.97. The molecule has 5 nitrogen and oxygen atoms in total. The maximum Gasteiger partial charge on any atom is 0.241 e. The second kappa shape index (κ2) is 7.25. The first-order chi connectivity index (χ1) is 10.6. The Balaban J connectivity index is 2.07. The zero-order valence-electron chi connectivity index (χ0n) is 12.2. The number of nitrogens with one attached hydrogen (secondary N) is 1. The van der Waals surface area contributed by atoms with E-state index in [0.717, 1.165) is 0 Å². The average molecular weight is 295 g/mol. The Bertz CT molecular complexity index is 690. The molecule has 0 heterocycles. The molecule has 3 N–H and O–H groups in total. The summed E-state index contributed by atoms with van der Waals surface area (Å²) in [5.74, 6) is 0.985. The highest BCUT2D eigenvalue weighted by molar-refractivity contribution is 5.94. The highest BCUT2D eigenvalue weighted by Crippen LogP contribution is 2.24. The third kappa shape index (κ3) is 4.08. The molecule has 0 aliphatic heterocycles. The number of nitrogens with two attached hydrogens (primary N) is 1. The van der Waals surface area contributed by atoms with E-state index in [9.17, 15) is 4.79 Å². The van der Waals surface area contributed by atoms with E-state index in [1.165, 1.54) is 0 Å². The normalized spacial score (nSPS) is 11.3. The molecule has 0 spiro atoms. The molecule has 0 bridgehead atoms. The summed E-state index contributed by atoms with van der Waals surface area (Å²) in [5.41, 5.74) is 6.88. The Hall–Kier alpha value is -2.84. The summed E-state index contributed by atoms with van der Waals surface area (Å²) in [4.78, 5) is 11.8. The van der Waals surface area contributed by atoms with Gasteiger partial charge in [-0.3, -0.25) is 4.79 Å². The molecule has 2 rings (SSSR count). The summed E-state index contributed by atoms with van der Waals surface area (Å²) in [6.45, 7) is 1.86. The van der Waals surface area contributed by atoms with Crippen molar-refractivity contribution in [3.05, 3.63) is 54.1 Å². The van der Waals surface area contributed by atoms with Crippen molar-refractivity contribution in [1.29, 1.82) is 5.26 Å². The lowest BCUT2D eigenvalue weighted by Crippen LogP contribution is -2.34. The van der Waals surface area contributed by atoms with Crippen LogP contribution >= 0.6 is 0 Å². The van der Waals surface area contributed by atoms with E-state index in [1.807, 2.05) is 13.0 Å². The molecule has 112 valence electrons. The van der Waals surface area contributed by atoms with E-state index in [4.69, 9.17) is 15.7 Å². The van der Waals surface area contributed by atoms with Crippen LogP contribution in [0.1, 0.15) is 18.9 Å². The van der Waals surface area contributed by atoms with Gasteiger partial charge in [0.1, 0.15) is 11.5 Å². The van der Waals surface area contributed by atoms with Crippen LogP contribution in [-0.4, -0.2) is 11.9 Å². The monoisotopic (exact) mass is 295 g/mol. The largest absolute Gasteiger partial charge is 0.457 e. The molecule has 1 atom stereocenters. The van der Waals surface area contributed by atoms with Crippen molar-refractivity contribution in [2.24, 2.45) is 5.73 Å². The molecule has 0 saturated heterocycles. The topological polar surface area (TPSA) is 88.1 Å². The number of anilines is 1. The van der Waals surface area contributed by atoms with Gasteiger partial charge in [0, 0.05) is 11.8 Å². The number of hydrogen-bond acceptors (Lipinski definition) is 4. The number of hydrogen-bond donors (Lipinski definition) is 2. The van der Waals surface area contributed by atoms with Crippen LogP contribution in [0.2, 0.25) is 0 Å². The van der Waals surface area contributed by atoms with Crippen LogP contribution in [-0.2, 0) is 4.79 Å². The summed E-state index contributed by atoms with van der Waals surface area (Å²) in [7, 11) is 0. The summed E-state index contributed by atoms with van der Waals surface area (Å²) in [5, 5.41) is 11.5. The van der Waals surface area contributed by atoms with Gasteiger partial charge in [0.15, 0.2) is 0 Å². The van der Waals surface area contributed by atoms with Crippen LogP contribution in [0, 0.1) is 11.3 Å². The molecule has 2 aromatic carbocycles. The molecular weight excluding hydrogens is 278 g/mol.